The lowest BCUT2D eigenvalue weighted by molar-refractivity contribution is 0.627. The standard InChI is InChI=1S/C13H10ClFS/c14-13-8-11(15)7-6-10(13)9-16-12-4-2-1-3-5-12/h1-8H,9H2. The maximum absolute atomic E-state index is 12.8. The van der Waals surface area contributed by atoms with Crippen LogP contribution in [0.1, 0.15) is 5.56 Å². The largest absolute Gasteiger partial charge is 0.207 e. The number of rotatable bonds is 3. The first-order chi connectivity index (χ1) is 7.75. The topological polar surface area (TPSA) is 0 Å². The fourth-order valence-electron chi connectivity index (χ4n) is 1.32. The first kappa shape index (κ1) is 11.5. The zero-order valence-corrected chi connectivity index (χ0v) is 10.1. The van der Waals surface area contributed by atoms with Gasteiger partial charge in [0, 0.05) is 15.7 Å². The van der Waals surface area contributed by atoms with Gasteiger partial charge in [0.1, 0.15) is 5.82 Å². The highest BCUT2D eigenvalue weighted by atomic mass is 35.5. The molecule has 0 spiro atoms. The SMILES string of the molecule is Fc1ccc(CSc2ccccc2)c(Cl)c1. The number of hydrogen-bond acceptors (Lipinski definition) is 1. The van der Waals surface area contributed by atoms with Gasteiger partial charge in [-0.15, -0.1) is 11.8 Å². The zero-order valence-electron chi connectivity index (χ0n) is 8.49. The van der Waals surface area contributed by atoms with Crippen molar-refractivity contribution in [3.05, 3.63) is 64.9 Å². The van der Waals surface area contributed by atoms with E-state index in [2.05, 4.69) is 0 Å². The van der Waals surface area contributed by atoms with Crippen LogP contribution in [0, 0.1) is 5.82 Å². The lowest BCUT2D eigenvalue weighted by Crippen LogP contribution is -1.84. The summed E-state index contributed by atoms with van der Waals surface area (Å²) in [6.45, 7) is 0. The molecular formula is C13H10ClFS. The summed E-state index contributed by atoms with van der Waals surface area (Å²) in [5.74, 6) is 0.460. The Morgan fingerprint density at radius 1 is 1.06 bits per heavy atom. The minimum atomic E-state index is -0.293. The number of halogens is 2. The van der Waals surface area contributed by atoms with Crippen LogP contribution < -0.4 is 0 Å². The van der Waals surface area contributed by atoms with Crippen LogP contribution in [0.15, 0.2) is 53.4 Å². The van der Waals surface area contributed by atoms with Crippen LogP contribution in [0.3, 0.4) is 0 Å². The molecule has 0 heterocycles. The van der Waals surface area contributed by atoms with E-state index in [0.717, 1.165) is 11.3 Å². The molecule has 0 nitrogen and oxygen atoms in total. The Bertz CT molecular complexity index is 471. The van der Waals surface area contributed by atoms with Crippen LogP contribution in [0.2, 0.25) is 5.02 Å². The molecule has 0 saturated heterocycles. The predicted molar refractivity (Wildman–Crippen MR) is 67.4 cm³/mol. The molecule has 0 aromatic heterocycles. The van der Waals surface area contributed by atoms with Gasteiger partial charge in [-0.05, 0) is 29.8 Å². The lowest BCUT2D eigenvalue weighted by atomic mass is 10.2. The maximum Gasteiger partial charge on any atom is 0.124 e. The summed E-state index contributed by atoms with van der Waals surface area (Å²) in [5, 5.41) is 0.489. The summed E-state index contributed by atoms with van der Waals surface area (Å²) in [6.07, 6.45) is 0. The van der Waals surface area contributed by atoms with E-state index in [1.165, 1.54) is 17.0 Å². The molecule has 0 bridgehead atoms. The van der Waals surface area contributed by atoms with Gasteiger partial charge in [-0.1, -0.05) is 35.9 Å². The maximum atomic E-state index is 12.8. The summed E-state index contributed by atoms with van der Waals surface area (Å²) >= 11 is 7.63. The van der Waals surface area contributed by atoms with Crippen LogP contribution >= 0.6 is 23.4 Å². The molecule has 0 amide bonds. The second kappa shape index (κ2) is 5.37. The highest BCUT2D eigenvalue weighted by molar-refractivity contribution is 7.98. The third-order valence-electron chi connectivity index (χ3n) is 2.15. The van der Waals surface area contributed by atoms with E-state index in [9.17, 15) is 4.39 Å². The molecule has 2 aromatic carbocycles. The van der Waals surface area contributed by atoms with Crippen LogP contribution in [0.4, 0.5) is 4.39 Å². The van der Waals surface area contributed by atoms with Crippen molar-refractivity contribution in [2.24, 2.45) is 0 Å². The van der Waals surface area contributed by atoms with Gasteiger partial charge in [-0.25, -0.2) is 4.39 Å². The zero-order chi connectivity index (χ0) is 11.4. The van der Waals surface area contributed by atoms with Gasteiger partial charge in [0.15, 0.2) is 0 Å². The monoisotopic (exact) mass is 252 g/mol. The van der Waals surface area contributed by atoms with Crippen LogP contribution in [0.25, 0.3) is 0 Å². The quantitative estimate of drug-likeness (QED) is 0.709. The van der Waals surface area contributed by atoms with E-state index in [4.69, 9.17) is 11.6 Å². The molecule has 16 heavy (non-hydrogen) atoms. The molecule has 0 saturated carbocycles. The van der Waals surface area contributed by atoms with Gasteiger partial charge in [0.2, 0.25) is 0 Å². The Kier molecular flexibility index (Phi) is 3.86. The minimum Gasteiger partial charge on any atom is -0.207 e. The van der Waals surface area contributed by atoms with Gasteiger partial charge in [0.05, 0.1) is 0 Å². The van der Waals surface area contributed by atoms with Crippen molar-refractivity contribution in [1.29, 1.82) is 0 Å². The summed E-state index contributed by atoms with van der Waals surface area (Å²) in [4.78, 5) is 1.18. The number of benzene rings is 2. The molecule has 0 aliphatic carbocycles. The highest BCUT2D eigenvalue weighted by Gasteiger charge is 2.02. The molecule has 82 valence electrons. The van der Waals surface area contributed by atoms with Crippen LogP contribution in [0.5, 0.6) is 0 Å². The second-order valence-electron chi connectivity index (χ2n) is 3.34. The van der Waals surface area contributed by atoms with E-state index in [1.54, 1.807) is 17.8 Å². The van der Waals surface area contributed by atoms with Crippen molar-refractivity contribution < 1.29 is 4.39 Å². The third-order valence-corrected chi connectivity index (χ3v) is 3.57. The van der Waals surface area contributed by atoms with Crippen molar-refractivity contribution in [2.45, 2.75) is 10.6 Å². The lowest BCUT2D eigenvalue weighted by Gasteiger charge is -2.04. The average molecular weight is 253 g/mol. The average Bonchev–Trinajstić information content (AvgIpc) is 2.29. The Hall–Kier alpha value is -0.990. The first-order valence-electron chi connectivity index (χ1n) is 4.87. The van der Waals surface area contributed by atoms with E-state index in [-0.39, 0.29) is 5.82 Å². The van der Waals surface area contributed by atoms with Crippen molar-refractivity contribution >= 4 is 23.4 Å². The molecule has 0 aliphatic heterocycles. The van der Waals surface area contributed by atoms with Crippen molar-refractivity contribution in [2.75, 3.05) is 0 Å². The van der Waals surface area contributed by atoms with Gasteiger partial charge in [-0.3, -0.25) is 0 Å². The van der Waals surface area contributed by atoms with E-state index in [1.807, 2.05) is 30.3 Å². The fourth-order valence-corrected chi connectivity index (χ4v) is 2.55. The fraction of sp³-hybridized carbons (Fsp3) is 0.0769. The molecule has 0 radical (unpaired) electrons. The number of thioether (sulfide) groups is 1. The Labute approximate surface area is 103 Å². The molecule has 0 unspecified atom stereocenters. The molecular weight excluding hydrogens is 243 g/mol. The summed E-state index contributed by atoms with van der Waals surface area (Å²) < 4.78 is 12.8. The van der Waals surface area contributed by atoms with Crippen molar-refractivity contribution in [3.63, 3.8) is 0 Å². The van der Waals surface area contributed by atoms with E-state index in [0.29, 0.717) is 5.02 Å². The Morgan fingerprint density at radius 2 is 1.81 bits per heavy atom. The third kappa shape index (κ3) is 3.00. The Morgan fingerprint density at radius 3 is 2.50 bits per heavy atom. The Balaban J connectivity index is 2.05. The summed E-state index contributed by atoms with van der Waals surface area (Å²) in [7, 11) is 0. The van der Waals surface area contributed by atoms with Gasteiger partial charge < -0.3 is 0 Å². The summed E-state index contributed by atoms with van der Waals surface area (Å²) in [5.41, 5.74) is 0.955. The highest BCUT2D eigenvalue weighted by Crippen LogP contribution is 2.26. The minimum absolute atomic E-state index is 0.293. The van der Waals surface area contributed by atoms with Crippen molar-refractivity contribution in [3.8, 4) is 0 Å². The molecule has 0 fully saturated rings. The van der Waals surface area contributed by atoms with Crippen LogP contribution in [-0.4, -0.2) is 0 Å². The molecule has 0 N–H and O–H groups in total. The molecule has 0 atom stereocenters. The number of hydrogen-bond donors (Lipinski definition) is 0. The van der Waals surface area contributed by atoms with Gasteiger partial charge >= 0.3 is 0 Å². The normalized spacial score (nSPS) is 10.4. The van der Waals surface area contributed by atoms with Gasteiger partial charge in [-0.2, -0.15) is 0 Å². The van der Waals surface area contributed by atoms with E-state index < -0.39 is 0 Å². The second-order valence-corrected chi connectivity index (χ2v) is 4.79. The van der Waals surface area contributed by atoms with Crippen molar-refractivity contribution in [1.82, 2.24) is 0 Å². The predicted octanol–water partition coefficient (Wildman–Crippen LogP) is 4.77. The molecule has 2 aromatic rings. The summed E-state index contributed by atoms with van der Waals surface area (Å²) in [6, 6.07) is 14.6. The van der Waals surface area contributed by atoms with Crippen LogP contribution in [-0.2, 0) is 5.75 Å². The van der Waals surface area contributed by atoms with E-state index >= 15 is 0 Å². The molecule has 0 aliphatic rings. The first-order valence-corrected chi connectivity index (χ1v) is 6.24. The molecule has 3 heteroatoms. The molecule has 2 rings (SSSR count). The van der Waals surface area contributed by atoms with Gasteiger partial charge in [0.25, 0.3) is 0 Å². The smallest absolute Gasteiger partial charge is 0.124 e.